The first-order valence-corrected chi connectivity index (χ1v) is 9.09. The highest BCUT2D eigenvalue weighted by Gasteiger charge is 2.14. The number of carbonyl (C=O) groups excluding carboxylic acids is 1. The molecule has 8 heteroatoms. The Bertz CT molecular complexity index is 1050. The Morgan fingerprint density at radius 3 is 2.48 bits per heavy atom. The molecule has 0 aliphatic carbocycles. The van der Waals surface area contributed by atoms with Gasteiger partial charge in [-0.05, 0) is 31.2 Å². The van der Waals surface area contributed by atoms with Crippen molar-refractivity contribution in [3.63, 3.8) is 0 Å². The van der Waals surface area contributed by atoms with Gasteiger partial charge in [-0.1, -0.05) is 12.1 Å². The molecule has 2 N–H and O–H groups in total. The van der Waals surface area contributed by atoms with Gasteiger partial charge in [-0.15, -0.1) is 0 Å². The zero-order valence-electron chi connectivity index (χ0n) is 16.1. The van der Waals surface area contributed by atoms with E-state index in [9.17, 15) is 4.79 Å². The van der Waals surface area contributed by atoms with Crippen molar-refractivity contribution in [2.24, 2.45) is 0 Å². The van der Waals surface area contributed by atoms with Gasteiger partial charge in [-0.2, -0.15) is 0 Å². The number of methoxy groups -OCH3 is 1. The minimum absolute atomic E-state index is 0.423. The predicted molar refractivity (Wildman–Crippen MR) is 109 cm³/mol. The number of nitrogens with one attached hydrogen (secondary N) is 2. The van der Waals surface area contributed by atoms with E-state index in [1.807, 2.05) is 24.3 Å². The van der Waals surface area contributed by atoms with Crippen molar-refractivity contribution in [1.82, 2.24) is 9.97 Å². The number of nitrogens with zero attached hydrogens (tertiary/aromatic N) is 2. The topological polar surface area (TPSA) is 94.6 Å². The van der Waals surface area contributed by atoms with Gasteiger partial charge in [0.25, 0.3) is 0 Å². The van der Waals surface area contributed by atoms with Crippen molar-refractivity contribution in [2.45, 2.75) is 6.92 Å². The van der Waals surface area contributed by atoms with E-state index in [1.54, 1.807) is 31.2 Å². The molecule has 1 aliphatic rings. The number of hydrogen-bond acceptors (Lipinski definition) is 8. The van der Waals surface area contributed by atoms with Crippen LogP contribution in [0.5, 0.6) is 11.5 Å². The first-order chi connectivity index (χ1) is 14.1. The molecule has 0 bridgehead atoms. The molecule has 0 unspecified atom stereocenters. The Morgan fingerprint density at radius 2 is 1.69 bits per heavy atom. The SMILES string of the molecule is COC(=O)c1ccccc1Nc1cc(Nc2ccc3c(c2)OCCO3)nc(C)n1. The summed E-state index contributed by atoms with van der Waals surface area (Å²) in [7, 11) is 1.35. The van der Waals surface area contributed by atoms with Crippen LogP contribution in [0.2, 0.25) is 0 Å². The van der Waals surface area contributed by atoms with Gasteiger partial charge in [0, 0.05) is 17.8 Å². The second-order valence-electron chi connectivity index (χ2n) is 6.33. The summed E-state index contributed by atoms with van der Waals surface area (Å²) in [5.74, 6) is 2.72. The lowest BCUT2D eigenvalue weighted by Gasteiger charge is -2.19. The fourth-order valence-corrected chi connectivity index (χ4v) is 2.98. The molecule has 0 saturated heterocycles. The molecule has 4 rings (SSSR count). The van der Waals surface area contributed by atoms with Gasteiger partial charge < -0.3 is 24.8 Å². The molecular formula is C21H20N4O4. The van der Waals surface area contributed by atoms with Gasteiger partial charge in [-0.25, -0.2) is 14.8 Å². The maximum absolute atomic E-state index is 12.0. The number of aryl methyl sites for hydroxylation is 1. The van der Waals surface area contributed by atoms with Crippen molar-refractivity contribution in [1.29, 1.82) is 0 Å². The number of benzene rings is 2. The highest BCUT2D eigenvalue weighted by Crippen LogP contribution is 2.33. The van der Waals surface area contributed by atoms with Gasteiger partial charge in [0.05, 0.1) is 18.4 Å². The van der Waals surface area contributed by atoms with Crippen molar-refractivity contribution in [3.8, 4) is 11.5 Å². The summed E-state index contributed by atoms with van der Waals surface area (Å²) in [6.07, 6.45) is 0. The molecule has 0 spiro atoms. The number of para-hydroxylation sites is 1. The number of esters is 1. The summed E-state index contributed by atoms with van der Waals surface area (Å²) in [6.45, 7) is 2.87. The third-order valence-corrected chi connectivity index (χ3v) is 4.25. The standard InChI is InChI=1S/C21H20N4O4/c1-13-22-19(24-14-7-8-17-18(11-14)29-10-9-28-17)12-20(23-13)25-16-6-4-3-5-15(16)21(26)27-2/h3-8,11-12H,9-10H2,1-2H3,(H2,22,23,24,25). The quantitative estimate of drug-likeness (QED) is 0.633. The van der Waals surface area contributed by atoms with Crippen molar-refractivity contribution in [3.05, 3.63) is 59.9 Å². The van der Waals surface area contributed by atoms with Crippen LogP contribution >= 0.6 is 0 Å². The van der Waals surface area contributed by atoms with E-state index < -0.39 is 5.97 Å². The number of hydrogen-bond donors (Lipinski definition) is 2. The van der Waals surface area contributed by atoms with Crippen LogP contribution in [0.3, 0.4) is 0 Å². The molecule has 148 valence electrons. The highest BCUT2D eigenvalue weighted by atomic mass is 16.6. The number of carbonyl (C=O) groups is 1. The largest absolute Gasteiger partial charge is 0.486 e. The summed E-state index contributed by atoms with van der Waals surface area (Å²) in [5.41, 5.74) is 1.84. The molecule has 1 aromatic heterocycles. The monoisotopic (exact) mass is 392 g/mol. The minimum atomic E-state index is -0.423. The predicted octanol–water partition coefficient (Wildman–Crippen LogP) is 3.83. The van der Waals surface area contributed by atoms with E-state index in [0.29, 0.717) is 47.7 Å². The molecule has 2 aromatic carbocycles. The van der Waals surface area contributed by atoms with Crippen LogP contribution in [0.1, 0.15) is 16.2 Å². The summed E-state index contributed by atoms with van der Waals surface area (Å²) >= 11 is 0. The molecule has 29 heavy (non-hydrogen) atoms. The van der Waals surface area contributed by atoms with Crippen molar-refractivity contribution >= 4 is 29.0 Å². The summed E-state index contributed by atoms with van der Waals surface area (Å²) in [5, 5.41) is 6.42. The highest BCUT2D eigenvalue weighted by molar-refractivity contribution is 5.96. The van der Waals surface area contributed by atoms with E-state index >= 15 is 0 Å². The van der Waals surface area contributed by atoms with E-state index in [0.717, 1.165) is 11.4 Å². The summed E-state index contributed by atoms with van der Waals surface area (Å²) in [6, 6.07) is 14.5. The number of aromatic nitrogens is 2. The van der Waals surface area contributed by atoms with Crippen LogP contribution < -0.4 is 20.1 Å². The smallest absolute Gasteiger partial charge is 0.339 e. The normalized spacial score (nSPS) is 12.2. The average molecular weight is 392 g/mol. The van der Waals surface area contributed by atoms with Crippen LogP contribution in [0.25, 0.3) is 0 Å². The Hall–Kier alpha value is -3.81. The number of anilines is 4. The maximum atomic E-state index is 12.0. The van der Waals surface area contributed by atoms with E-state index in [1.165, 1.54) is 7.11 Å². The Balaban J connectivity index is 1.58. The molecule has 2 heterocycles. The van der Waals surface area contributed by atoms with Gasteiger partial charge in [-0.3, -0.25) is 0 Å². The maximum Gasteiger partial charge on any atom is 0.339 e. The molecule has 0 amide bonds. The lowest BCUT2D eigenvalue weighted by Crippen LogP contribution is -2.15. The summed E-state index contributed by atoms with van der Waals surface area (Å²) < 4.78 is 16.0. The van der Waals surface area contributed by atoms with Crippen LogP contribution in [-0.4, -0.2) is 36.3 Å². The number of fused-ring (bicyclic) bond motifs is 1. The third kappa shape index (κ3) is 4.21. The van der Waals surface area contributed by atoms with Crippen LogP contribution in [0, 0.1) is 6.92 Å². The van der Waals surface area contributed by atoms with Crippen molar-refractivity contribution in [2.75, 3.05) is 31.0 Å². The molecular weight excluding hydrogens is 372 g/mol. The minimum Gasteiger partial charge on any atom is -0.486 e. The van der Waals surface area contributed by atoms with E-state index in [-0.39, 0.29) is 0 Å². The number of rotatable bonds is 5. The molecule has 0 fully saturated rings. The Labute approximate surface area is 167 Å². The van der Waals surface area contributed by atoms with Crippen molar-refractivity contribution < 1.29 is 19.0 Å². The second-order valence-corrected chi connectivity index (χ2v) is 6.33. The van der Waals surface area contributed by atoms with Gasteiger partial charge in [0.1, 0.15) is 30.7 Å². The first kappa shape index (κ1) is 18.5. The molecule has 0 radical (unpaired) electrons. The molecule has 3 aromatic rings. The van der Waals surface area contributed by atoms with E-state index in [2.05, 4.69) is 20.6 Å². The molecule has 0 atom stereocenters. The van der Waals surface area contributed by atoms with Gasteiger partial charge in [0.2, 0.25) is 0 Å². The Kier molecular flexibility index (Phi) is 5.15. The zero-order chi connectivity index (χ0) is 20.2. The lowest BCUT2D eigenvalue weighted by atomic mass is 10.2. The van der Waals surface area contributed by atoms with Gasteiger partial charge in [0.15, 0.2) is 11.5 Å². The molecule has 0 saturated carbocycles. The lowest BCUT2D eigenvalue weighted by molar-refractivity contribution is 0.0602. The van der Waals surface area contributed by atoms with E-state index in [4.69, 9.17) is 14.2 Å². The average Bonchev–Trinajstić information content (AvgIpc) is 2.73. The number of ether oxygens (including phenoxy) is 3. The van der Waals surface area contributed by atoms with Crippen LogP contribution in [0.15, 0.2) is 48.5 Å². The molecule has 1 aliphatic heterocycles. The van der Waals surface area contributed by atoms with Gasteiger partial charge >= 0.3 is 5.97 Å². The fraction of sp³-hybridized carbons (Fsp3) is 0.190. The molecule has 8 nitrogen and oxygen atoms in total. The van der Waals surface area contributed by atoms with Crippen LogP contribution in [0.4, 0.5) is 23.0 Å². The zero-order valence-corrected chi connectivity index (χ0v) is 16.1. The summed E-state index contributed by atoms with van der Waals surface area (Å²) in [4.78, 5) is 20.8. The first-order valence-electron chi connectivity index (χ1n) is 9.09. The Morgan fingerprint density at radius 1 is 0.966 bits per heavy atom. The third-order valence-electron chi connectivity index (χ3n) is 4.25. The second kappa shape index (κ2) is 8.05. The fourth-order valence-electron chi connectivity index (χ4n) is 2.98. The van der Waals surface area contributed by atoms with Crippen LogP contribution in [-0.2, 0) is 4.74 Å².